The number of thioether (sulfide) groups is 1. The first kappa shape index (κ1) is 25.3. The molecular formula is C24H32BrN3O5S. The number of nitrogens with zero attached hydrogens (tertiary/aromatic N) is 1. The van der Waals surface area contributed by atoms with E-state index in [0.29, 0.717) is 43.8 Å². The van der Waals surface area contributed by atoms with E-state index in [1.165, 1.54) is 0 Å². The van der Waals surface area contributed by atoms with Crippen molar-refractivity contribution in [1.82, 2.24) is 10.2 Å². The number of ether oxygens (including phenoxy) is 1. The summed E-state index contributed by atoms with van der Waals surface area (Å²) >= 11 is 5.38. The average Bonchev–Trinajstić information content (AvgIpc) is 3.41. The zero-order valence-electron chi connectivity index (χ0n) is 19.5. The summed E-state index contributed by atoms with van der Waals surface area (Å²) in [6.07, 6.45) is 2.60. The van der Waals surface area contributed by atoms with Gasteiger partial charge in [-0.25, -0.2) is 0 Å². The maximum absolute atomic E-state index is 13.8. The Morgan fingerprint density at radius 3 is 2.65 bits per heavy atom. The fourth-order valence-electron chi connectivity index (χ4n) is 5.62. The van der Waals surface area contributed by atoms with Crippen LogP contribution in [0.5, 0.6) is 5.75 Å². The van der Waals surface area contributed by atoms with Crippen molar-refractivity contribution in [3.8, 4) is 5.75 Å². The van der Waals surface area contributed by atoms with E-state index in [-0.39, 0.29) is 34.4 Å². The molecule has 10 heteroatoms. The molecule has 0 saturated carbocycles. The number of aliphatic hydroxyl groups excluding tert-OH is 1. The third-order valence-corrected chi connectivity index (χ3v) is 10.3. The number of anilines is 1. The third kappa shape index (κ3) is 4.33. The second kappa shape index (κ2) is 10.5. The summed E-state index contributed by atoms with van der Waals surface area (Å²) in [6.45, 7) is 2.96. The number of fused-ring (bicyclic) bond motifs is 1. The number of hydrogen-bond donors (Lipinski definition) is 3. The number of methoxy groups -OCH3 is 1. The van der Waals surface area contributed by atoms with Crippen molar-refractivity contribution in [2.45, 2.75) is 53.5 Å². The summed E-state index contributed by atoms with van der Waals surface area (Å²) in [5, 5.41) is 15.2. The second-order valence-electron chi connectivity index (χ2n) is 9.13. The van der Waals surface area contributed by atoms with Crippen molar-refractivity contribution in [3.63, 3.8) is 0 Å². The number of unbranched alkanes of at least 4 members (excludes halogenated alkanes) is 1. The molecule has 2 bridgehead atoms. The van der Waals surface area contributed by atoms with Crippen molar-refractivity contribution in [2.75, 3.05) is 32.1 Å². The minimum absolute atomic E-state index is 0.0294. The van der Waals surface area contributed by atoms with E-state index >= 15 is 0 Å². The minimum atomic E-state index is -0.690. The van der Waals surface area contributed by atoms with E-state index in [1.807, 2.05) is 6.92 Å². The van der Waals surface area contributed by atoms with Crippen LogP contribution in [-0.2, 0) is 14.4 Å². The number of amides is 3. The SMILES string of the molecule is CCCNC(=O)[C@H]1[C@@H]2SC3(CC2Br)C(C(=O)Nc2ccc(OC)cc2)N(CCCCO)C(=O)[C@H]13. The van der Waals surface area contributed by atoms with Crippen LogP contribution in [0.2, 0.25) is 0 Å². The van der Waals surface area contributed by atoms with Gasteiger partial charge >= 0.3 is 0 Å². The second-order valence-corrected chi connectivity index (χ2v) is 11.9. The monoisotopic (exact) mass is 553 g/mol. The molecule has 3 saturated heterocycles. The Morgan fingerprint density at radius 2 is 2.00 bits per heavy atom. The topological polar surface area (TPSA) is 108 Å². The maximum Gasteiger partial charge on any atom is 0.248 e. The smallest absolute Gasteiger partial charge is 0.248 e. The fraction of sp³-hybridized carbons (Fsp3) is 0.625. The molecule has 34 heavy (non-hydrogen) atoms. The van der Waals surface area contributed by atoms with Crippen LogP contribution in [0.3, 0.4) is 0 Å². The molecule has 0 aliphatic carbocycles. The highest BCUT2D eigenvalue weighted by Gasteiger charge is 2.75. The molecule has 1 spiro atoms. The number of rotatable bonds is 10. The van der Waals surface area contributed by atoms with Gasteiger partial charge in [0.05, 0.1) is 23.7 Å². The van der Waals surface area contributed by atoms with Gasteiger partial charge in [0.2, 0.25) is 17.7 Å². The number of aliphatic hydroxyl groups is 1. The van der Waals surface area contributed by atoms with Gasteiger partial charge in [0.25, 0.3) is 0 Å². The van der Waals surface area contributed by atoms with Crippen LogP contribution in [0.15, 0.2) is 24.3 Å². The number of nitrogens with one attached hydrogen (secondary N) is 2. The predicted molar refractivity (Wildman–Crippen MR) is 135 cm³/mol. The van der Waals surface area contributed by atoms with E-state index in [0.717, 1.165) is 6.42 Å². The van der Waals surface area contributed by atoms with Crippen molar-refractivity contribution in [2.24, 2.45) is 11.8 Å². The number of carbonyl (C=O) groups excluding carboxylic acids is 3. The summed E-state index contributed by atoms with van der Waals surface area (Å²) in [5.41, 5.74) is 0.624. The van der Waals surface area contributed by atoms with Gasteiger partial charge in [-0.3, -0.25) is 14.4 Å². The summed E-state index contributed by atoms with van der Waals surface area (Å²) in [7, 11) is 1.58. The number of likely N-dealkylation sites (tertiary alicyclic amines) is 1. The van der Waals surface area contributed by atoms with Crippen LogP contribution in [-0.4, -0.2) is 75.4 Å². The van der Waals surface area contributed by atoms with E-state index in [9.17, 15) is 19.5 Å². The molecule has 3 amide bonds. The van der Waals surface area contributed by atoms with E-state index < -0.39 is 22.6 Å². The van der Waals surface area contributed by atoms with Crippen LogP contribution in [0, 0.1) is 11.8 Å². The van der Waals surface area contributed by atoms with Gasteiger partial charge in [0, 0.05) is 35.5 Å². The molecule has 6 atom stereocenters. The molecule has 3 unspecified atom stereocenters. The molecule has 3 N–H and O–H groups in total. The largest absolute Gasteiger partial charge is 0.497 e. The number of benzene rings is 1. The van der Waals surface area contributed by atoms with Gasteiger partial charge in [0.1, 0.15) is 11.8 Å². The molecule has 186 valence electrons. The first-order chi connectivity index (χ1) is 16.4. The third-order valence-electron chi connectivity index (χ3n) is 7.05. The molecule has 0 aromatic heterocycles. The molecule has 8 nitrogen and oxygen atoms in total. The number of alkyl halides is 1. The van der Waals surface area contributed by atoms with Gasteiger partial charge in [-0.2, -0.15) is 0 Å². The summed E-state index contributed by atoms with van der Waals surface area (Å²) < 4.78 is 4.53. The van der Waals surface area contributed by atoms with Crippen molar-refractivity contribution >= 4 is 51.1 Å². The van der Waals surface area contributed by atoms with Crippen molar-refractivity contribution < 1.29 is 24.2 Å². The highest BCUT2D eigenvalue weighted by Crippen LogP contribution is 2.67. The summed E-state index contributed by atoms with van der Waals surface area (Å²) in [4.78, 5) is 42.4. The first-order valence-corrected chi connectivity index (χ1v) is 13.6. The number of hydrogen-bond acceptors (Lipinski definition) is 6. The molecule has 1 aromatic rings. The Hall–Kier alpha value is -1.78. The van der Waals surface area contributed by atoms with Gasteiger partial charge in [-0.05, 0) is 49.9 Å². The number of carbonyl (C=O) groups is 3. The Bertz CT molecular complexity index is 932. The van der Waals surface area contributed by atoms with E-state index in [1.54, 1.807) is 48.0 Å². The van der Waals surface area contributed by atoms with Gasteiger partial charge in [0.15, 0.2) is 0 Å². The van der Waals surface area contributed by atoms with E-state index in [4.69, 9.17) is 4.74 Å². The predicted octanol–water partition coefficient (Wildman–Crippen LogP) is 2.40. The van der Waals surface area contributed by atoms with Crippen molar-refractivity contribution in [3.05, 3.63) is 24.3 Å². The number of halogens is 1. The van der Waals surface area contributed by atoms with Crippen LogP contribution >= 0.6 is 27.7 Å². The van der Waals surface area contributed by atoms with Gasteiger partial charge in [-0.15, -0.1) is 11.8 Å². The normalized spacial score (nSPS) is 31.5. The van der Waals surface area contributed by atoms with Crippen LogP contribution in [0.25, 0.3) is 0 Å². The van der Waals surface area contributed by atoms with Crippen LogP contribution in [0.4, 0.5) is 5.69 Å². The maximum atomic E-state index is 13.8. The molecule has 3 aliphatic heterocycles. The lowest BCUT2D eigenvalue weighted by Gasteiger charge is -2.35. The standard InChI is InChI=1S/C24H32BrN3O5S/c1-3-10-26-21(30)17-18-23(32)28(11-4-5-12-29)20(24(18)13-16(25)19(17)34-24)22(31)27-14-6-8-15(33-2)9-7-14/h6-9,16-20,29H,3-5,10-13H2,1-2H3,(H,26,30)(H,27,31)/t16?,17-,18+,19-,20?,24?/m1/s1. The Morgan fingerprint density at radius 1 is 1.26 bits per heavy atom. The quantitative estimate of drug-likeness (QED) is 0.303. The van der Waals surface area contributed by atoms with Crippen LogP contribution in [0.1, 0.15) is 32.6 Å². The molecule has 4 rings (SSSR count). The molecule has 3 fully saturated rings. The molecule has 3 aliphatic rings. The van der Waals surface area contributed by atoms with Gasteiger partial charge in [-0.1, -0.05) is 22.9 Å². The lowest BCUT2D eigenvalue weighted by atomic mass is 9.70. The lowest BCUT2D eigenvalue weighted by molar-refractivity contribution is -0.139. The van der Waals surface area contributed by atoms with Crippen molar-refractivity contribution in [1.29, 1.82) is 0 Å². The average molecular weight is 555 g/mol. The highest BCUT2D eigenvalue weighted by molar-refractivity contribution is 9.09. The molecule has 0 radical (unpaired) electrons. The minimum Gasteiger partial charge on any atom is -0.497 e. The molecular weight excluding hydrogens is 522 g/mol. The van der Waals surface area contributed by atoms with E-state index in [2.05, 4.69) is 26.6 Å². The lowest BCUT2D eigenvalue weighted by Crippen LogP contribution is -2.53. The van der Waals surface area contributed by atoms with Gasteiger partial charge < -0.3 is 25.4 Å². The zero-order chi connectivity index (χ0) is 24.5. The molecule has 1 aromatic carbocycles. The Labute approximate surface area is 212 Å². The van der Waals surface area contributed by atoms with Crippen LogP contribution < -0.4 is 15.4 Å². The Kier molecular flexibility index (Phi) is 7.79. The molecule has 3 heterocycles. The first-order valence-electron chi connectivity index (χ1n) is 11.8. The Balaban J connectivity index is 1.65. The fourth-order valence-corrected chi connectivity index (χ4v) is 9.23. The summed E-state index contributed by atoms with van der Waals surface area (Å²) in [6, 6.07) is 6.39. The summed E-state index contributed by atoms with van der Waals surface area (Å²) in [5.74, 6) is -0.789. The zero-order valence-corrected chi connectivity index (χ0v) is 21.9. The highest BCUT2D eigenvalue weighted by atomic mass is 79.9.